The summed E-state index contributed by atoms with van der Waals surface area (Å²) in [6.45, 7) is 9.36. The highest BCUT2D eigenvalue weighted by Gasteiger charge is 2.39. The van der Waals surface area contributed by atoms with Gasteiger partial charge in [-0.1, -0.05) is 207 Å². The van der Waals surface area contributed by atoms with Crippen LogP contribution in [-0.2, 0) is 4.57 Å². The first-order chi connectivity index (χ1) is 23.4. The highest BCUT2D eigenvalue weighted by molar-refractivity contribution is 7.59. The number of rotatable bonds is 29. The minimum atomic E-state index is -2.84. The zero-order chi connectivity index (χ0) is 35.2. The van der Waals surface area contributed by atoms with Crippen molar-refractivity contribution in [3.05, 3.63) is 0 Å². The van der Waals surface area contributed by atoms with E-state index in [9.17, 15) is 9.46 Å². The lowest BCUT2D eigenvalue weighted by Gasteiger charge is -2.39. The molecule has 2 fully saturated rings. The molecule has 48 heavy (non-hydrogen) atoms. The van der Waals surface area contributed by atoms with E-state index in [1.165, 1.54) is 205 Å². The van der Waals surface area contributed by atoms with Crippen molar-refractivity contribution in [1.82, 2.24) is 0 Å². The first-order valence-electron chi connectivity index (χ1n) is 22.5. The highest BCUT2D eigenvalue weighted by atomic mass is 31.2. The smallest absolute Gasteiger partial charge is 0.206 e. The molecule has 0 aromatic carbocycles. The van der Waals surface area contributed by atoms with Crippen LogP contribution in [0.3, 0.4) is 0 Å². The Morgan fingerprint density at radius 2 is 0.792 bits per heavy atom. The second kappa shape index (κ2) is 31.2. The fourth-order valence-electron chi connectivity index (χ4n) is 8.91. The Kier molecular flexibility index (Phi) is 30.3. The van der Waals surface area contributed by atoms with E-state index in [0.29, 0.717) is 5.16 Å². The molecule has 0 amide bonds. The summed E-state index contributed by atoms with van der Waals surface area (Å²) in [4.78, 5) is 10.3. The number of hydrogen-bond donors (Lipinski definition) is 1. The molecule has 0 bridgehead atoms. The minimum Gasteiger partial charge on any atom is -0.344 e. The van der Waals surface area contributed by atoms with E-state index >= 15 is 0 Å². The van der Waals surface area contributed by atoms with Gasteiger partial charge in [0.15, 0.2) is 0 Å². The van der Waals surface area contributed by atoms with Gasteiger partial charge in [0, 0.05) is 11.3 Å². The Hall–Kier alpha value is 0.620. The molecule has 0 aliphatic heterocycles. The molecule has 0 radical (unpaired) electrons. The van der Waals surface area contributed by atoms with Crippen molar-refractivity contribution >= 4 is 16.6 Å². The standard InChI is InChI=1S/C32H67P.C12H23O2P/c1-5-9-13-17-18-19-20-21-22-24-28-31(27-23-14-10-6-2)32(33,29-25-15-11-7-3)30-26-16-12-8-4;13-15(14,11-7-3-1-4-8-11)12-9-5-2-6-10-12/h31H,5-30,33H2,1-4H3;11-12H,1-10H2,(H,13,14). The summed E-state index contributed by atoms with van der Waals surface area (Å²) in [5.41, 5.74) is 0.295. The van der Waals surface area contributed by atoms with Crippen LogP contribution in [0.25, 0.3) is 0 Å². The van der Waals surface area contributed by atoms with E-state index in [-0.39, 0.29) is 11.3 Å². The normalized spacial score (nSPS) is 17.3. The van der Waals surface area contributed by atoms with Crippen LogP contribution in [0.5, 0.6) is 0 Å². The Balaban J connectivity index is 0.000000628. The quantitative estimate of drug-likeness (QED) is 0.0619. The summed E-state index contributed by atoms with van der Waals surface area (Å²) < 4.78 is 12.5. The van der Waals surface area contributed by atoms with Crippen molar-refractivity contribution in [3.8, 4) is 0 Å². The van der Waals surface area contributed by atoms with E-state index in [1.54, 1.807) is 0 Å². The summed E-state index contributed by atoms with van der Waals surface area (Å²) in [6, 6.07) is 0. The third kappa shape index (κ3) is 21.9. The van der Waals surface area contributed by atoms with Gasteiger partial charge >= 0.3 is 0 Å². The number of hydrogen-bond acceptors (Lipinski definition) is 1. The van der Waals surface area contributed by atoms with Gasteiger partial charge in [-0.3, -0.25) is 4.57 Å². The van der Waals surface area contributed by atoms with Crippen molar-refractivity contribution in [2.75, 3.05) is 0 Å². The second-order valence-electron chi connectivity index (χ2n) is 16.6. The predicted octanol–water partition coefficient (Wildman–Crippen LogP) is 16.4. The Labute approximate surface area is 306 Å². The maximum atomic E-state index is 12.5. The highest BCUT2D eigenvalue weighted by Crippen LogP contribution is 2.59. The monoisotopic (exact) mass is 713 g/mol. The van der Waals surface area contributed by atoms with E-state index in [2.05, 4.69) is 36.9 Å². The van der Waals surface area contributed by atoms with Gasteiger partial charge in [0.1, 0.15) is 0 Å². The summed E-state index contributed by atoms with van der Waals surface area (Å²) in [7, 11) is 0.642. The molecule has 0 saturated heterocycles. The van der Waals surface area contributed by atoms with Gasteiger partial charge in [-0.2, -0.15) is 0 Å². The van der Waals surface area contributed by atoms with Gasteiger partial charge in [-0.05, 0) is 62.4 Å². The van der Waals surface area contributed by atoms with Crippen molar-refractivity contribution in [3.63, 3.8) is 0 Å². The average molecular weight is 713 g/mol. The molecule has 0 spiro atoms. The van der Waals surface area contributed by atoms with Crippen molar-refractivity contribution in [2.45, 2.75) is 275 Å². The minimum absolute atomic E-state index is 0.148. The van der Waals surface area contributed by atoms with E-state index in [1.807, 2.05) is 0 Å². The molecule has 288 valence electrons. The Morgan fingerprint density at radius 3 is 1.15 bits per heavy atom. The molecule has 2 atom stereocenters. The first kappa shape index (κ1) is 46.6. The van der Waals surface area contributed by atoms with Crippen LogP contribution in [0.15, 0.2) is 0 Å². The molecule has 0 aromatic heterocycles. The lowest BCUT2D eigenvalue weighted by atomic mass is 9.77. The van der Waals surface area contributed by atoms with Crippen molar-refractivity contribution in [2.24, 2.45) is 5.92 Å². The summed E-state index contributed by atoms with van der Waals surface area (Å²) in [5.74, 6) is 0.941. The van der Waals surface area contributed by atoms with Crippen LogP contribution in [-0.4, -0.2) is 21.4 Å². The Morgan fingerprint density at radius 1 is 0.500 bits per heavy atom. The van der Waals surface area contributed by atoms with Gasteiger partial charge < -0.3 is 4.89 Å². The topological polar surface area (TPSA) is 37.3 Å². The van der Waals surface area contributed by atoms with Crippen molar-refractivity contribution < 1.29 is 9.46 Å². The molecule has 2 nitrogen and oxygen atoms in total. The van der Waals surface area contributed by atoms with Crippen LogP contribution in [0, 0.1) is 5.92 Å². The van der Waals surface area contributed by atoms with Crippen LogP contribution < -0.4 is 0 Å². The molecular formula is C44H90O2P2. The third-order valence-corrected chi connectivity index (χ3v) is 16.5. The van der Waals surface area contributed by atoms with Crippen LogP contribution in [0.4, 0.5) is 0 Å². The summed E-state index contributed by atoms with van der Waals surface area (Å²) in [6.07, 6.45) is 48.8. The molecule has 2 aliphatic rings. The summed E-state index contributed by atoms with van der Waals surface area (Å²) >= 11 is 0. The zero-order valence-corrected chi connectivity index (χ0v) is 35.6. The lowest BCUT2D eigenvalue weighted by Crippen LogP contribution is -2.32. The zero-order valence-electron chi connectivity index (χ0n) is 33.6. The second-order valence-corrected chi connectivity index (χ2v) is 20.6. The molecule has 4 heteroatoms. The molecule has 0 heterocycles. The van der Waals surface area contributed by atoms with Gasteiger partial charge in [0.05, 0.1) is 0 Å². The first-order valence-corrected chi connectivity index (χ1v) is 24.8. The average Bonchev–Trinajstić information content (AvgIpc) is 3.11. The van der Waals surface area contributed by atoms with E-state index < -0.39 is 7.37 Å². The predicted molar refractivity (Wildman–Crippen MR) is 222 cm³/mol. The maximum Gasteiger partial charge on any atom is 0.206 e. The van der Waals surface area contributed by atoms with Crippen molar-refractivity contribution in [1.29, 1.82) is 0 Å². The molecule has 2 unspecified atom stereocenters. The Bertz CT molecular complexity index is 693. The molecular weight excluding hydrogens is 622 g/mol. The lowest BCUT2D eigenvalue weighted by molar-refractivity contribution is 0.270. The molecule has 1 N–H and O–H groups in total. The number of unbranched alkanes of at least 4 members (excludes halogenated alkanes) is 18. The van der Waals surface area contributed by atoms with E-state index in [4.69, 9.17) is 0 Å². The summed E-state index contributed by atoms with van der Waals surface area (Å²) in [5, 5.41) is 0.521. The fraction of sp³-hybridized carbons (Fsp3) is 1.00. The van der Waals surface area contributed by atoms with E-state index in [0.717, 1.165) is 31.6 Å². The fourth-order valence-corrected chi connectivity index (χ4v) is 12.5. The SMILES string of the molecule is CCCCCCCCCCCCC(CCCCCC)C(P)(CCCCCC)CCCCCC.O=P(O)(C1CCCCC1)C1CCCCC1. The van der Waals surface area contributed by atoms with Gasteiger partial charge in [-0.15, -0.1) is 9.24 Å². The van der Waals surface area contributed by atoms with Gasteiger partial charge in [0.25, 0.3) is 0 Å². The molecule has 0 aromatic rings. The maximum absolute atomic E-state index is 12.5. The third-order valence-electron chi connectivity index (χ3n) is 12.3. The van der Waals surface area contributed by atoms with Crippen LogP contribution in [0.2, 0.25) is 0 Å². The molecule has 2 saturated carbocycles. The molecule has 2 rings (SSSR count). The van der Waals surface area contributed by atoms with Crippen LogP contribution >= 0.6 is 16.6 Å². The largest absolute Gasteiger partial charge is 0.344 e. The van der Waals surface area contributed by atoms with Gasteiger partial charge in [0.2, 0.25) is 7.37 Å². The van der Waals surface area contributed by atoms with Gasteiger partial charge in [-0.25, -0.2) is 0 Å². The molecule has 2 aliphatic carbocycles. The van der Waals surface area contributed by atoms with Crippen LogP contribution in [0.1, 0.15) is 259 Å².